The number of hydrogen-bond acceptors (Lipinski definition) is 4. The van der Waals surface area contributed by atoms with Gasteiger partial charge in [-0.25, -0.2) is 17.6 Å². The van der Waals surface area contributed by atoms with Crippen molar-refractivity contribution < 1.29 is 27.4 Å². The fourth-order valence-electron chi connectivity index (χ4n) is 1.54. The summed E-state index contributed by atoms with van der Waals surface area (Å²) in [6.45, 7) is 3.82. The summed E-state index contributed by atoms with van der Waals surface area (Å²) in [5.74, 6) is -2.31. The van der Waals surface area contributed by atoms with Crippen molar-refractivity contribution in [2.45, 2.75) is 24.8 Å². The van der Waals surface area contributed by atoms with Crippen molar-refractivity contribution in [2.24, 2.45) is 0 Å². The lowest BCUT2D eigenvalue weighted by Crippen LogP contribution is -2.31. The molecule has 6 nitrogen and oxygen atoms in total. The first-order chi connectivity index (χ1) is 9.66. The molecule has 21 heavy (non-hydrogen) atoms. The van der Waals surface area contributed by atoms with Gasteiger partial charge in [-0.2, -0.15) is 4.31 Å². The van der Waals surface area contributed by atoms with Gasteiger partial charge in [0.2, 0.25) is 10.0 Å². The smallest absolute Gasteiger partial charge is 0.335 e. The average Bonchev–Trinajstić information content (AvgIpc) is 2.37. The number of hydrogen-bond donors (Lipinski definition) is 1. The van der Waals surface area contributed by atoms with Crippen molar-refractivity contribution in [2.75, 3.05) is 20.2 Å². The van der Waals surface area contributed by atoms with E-state index in [0.29, 0.717) is 0 Å². The number of nitrogens with zero attached hydrogens (tertiary/aromatic N) is 1. The number of benzene rings is 1. The largest absolute Gasteiger partial charge is 0.478 e. The molecule has 0 atom stereocenters. The molecule has 0 radical (unpaired) electrons. The van der Waals surface area contributed by atoms with Crippen molar-refractivity contribution in [3.8, 4) is 0 Å². The van der Waals surface area contributed by atoms with Crippen LogP contribution in [0.5, 0.6) is 0 Å². The lowest BCUT2D eigenvalue weighted by Gasteiger charge is -2.18. The molecule has 0 heterocycles. The monoisotopic (exact) mass is 319 g/mol. The molecule has 0 aliphatic rings. The highest BCUT2D eigenvalue weighted by molar-refractivity contribution is 7.89. The number of aromatic carboxylic acids is 1. The minimum atomic E-state index is -4.11. The van der Waals surface area contributed by atoms with Gasteiger partial charge in [-0.1, -0.05) is 0 Å². The summed E-state index contributed by atoms with van der Waals surface area (Å²) in [5.41, 5.74) is -0.290. The Morgan fingerprint density at radius 2 is 2.05 bits per heavy atom. The van der Waals surface area contributed by atoms with Gasteiger partial charge in [-0.3, -0.25) is 0 Å². The molecule has 0 aliphatic heterocycles. The zero-order valence-electron chi connectivity index (χ0n) is 12.0. The molecule has 1 N–H and O–H groups in total. The predicted molar refractivity (Wildman–Crippen MR) is 74.3 cm³/mol. The fourth-order valence-corrected chi connectivity index (χ4v) is 2.78. The van der Waals surface area contributed by atoms with Gasteiger partial charge in [-0.05, 0) is 32.0 Å². The molecule has 0 amide bonds. The lowest BCUT2D eigenvalue weighted by atomic mass is 10.2. The van der Waals surface area contributed by atoms with Crippen molar-refractivity contribution in [3.63, 3.8) is 0 Å². The topological polar surface area (TPSA) is 83.9 Å². The van der Waals surface area contributed by atoms with E-state index in [1.807, 2.05) is 13.8 Å². The van der Waals surface area contributed by atoms with E-state index in [1.165, 1.54) is 7.05 Å². The second-order valence-electron chi connectivity index (χ2n) is 4.70. The first-order valence-electron chi connectivity index (χ1n) is 6.27. The van der Waals surface area contributed by atoms with Gasteiger partial charge in [0.05, 0.1) is 18.3 Å². The maximum atomic E-state index is 13.7. The highest BCUT2D eigenvalue weighted by Gasteiger charge is 2.25. The number of carboxylic acids is 1. The number of sulfonamides is 1. The van der Waals surface area contributed by atoms with Crippen LogP contribution in [0, 0.1) is 5.82 Å². The Balaban J connectivity index is 3.01. The molecule has 0 saturated heterocycles. The molecule has 0 bridgehead atoms. The third-order valence-electron chi connectivity index (χ3n) is 2.72. The van der Waals surface area contributed by atoms with Crippen LogP contribution in [0.3, 0.4) is 0 Å². The van der Waals surface area contributed by atoms with Crippen LogP contribution in [0.25, 0.3) is 0 Å². The molecule has 0 unspecified atom stereocenters. The maximum Gasteiger partial charge on any atom is 0.335 e. The Labute approximate surface area is 123 Å². The predicted octanol–water partition coefficient (Wildman–Crippen LogP) is 1.57. The number of ether oxygens (including phenoxy) is 1. The SMILES string of the molecule is CC(C)OCCN(C)S(=O)(=O)c1cc(C(=O)O)ccc1F. The molecule has 0 spiro atoms. The molecule has 1 aromatic rings. The number of likely N-dealkylation sites (N-methyl/N-ethyl adjacent to an activating group) is 1. The Kier molecular flexibility index (Phi) is 5.82. The summed E-state index contributed by atoms with van der Waals surface area (Å²) in [5, 5.41) is 8.86. The number of halogens is 1. The zero-order valence-corrected chi connectivity index (χ0v) is 12.9. The van der Waals surface area contributed by atoms with E-state index in [1.54, 1.807) is 0 Å². The molecule has 0 saturated carbocycles. The summed E-state index contributed by atoms with van der Waals surface area (Å²) in [6, 6.07) is 2.65. The summed E-state index contributed by atoms with van der Waals surface area (Å²) in [4.78, 5) is 10.2. The molecule has 1 aromatic carbocycles. The zero-order chi connectivity index (χ0) is 16.2. The van der Waals surface area contributed by atoms with Crippen LogP contribution in [-0.2, 0) is 14.8 Å². The van der Waals surface area contributed by atoms with Crippen LogP contribution in [-0.4, -0.2) is 50.1 Å². The third kappa shape index (κ3) is 4.48. The Bertz CT molecular complexity index is 615. The van der Waals surface area contributed by atoms with Gasteiger partial charge in [-0.15, -0.1) is 0 Å². The summed E-state index contributed by atoms with van der Waals surface area (Å²) in [6.07, 6.45) is -0.0480. The van der Waals surface area contributed by atoms with E-state index in [4.69, 9.17) is 9.84 Å². The minimum absolute atomic E-state index is 0.0389. The maximum absolute atomic E-state index is 13.7. The highest BCUT2D eigenvalue weighted by Crippen LogP contribution is 2.20. The molecule has 0 aromatic heterocycles. The molecule has 0 fully saturated rings. The second-order valence-corrected chi connectivity index (χ2v) is 6.71. The van der Waals surface area contributed by atoms with Crippen LogP contribution < -0.4 is 0 Å². The van der Waals surface area contributed by atoms with E-state index in [9.17, 15) is 17.6 Å². The molecule has 118 valence electrons. The Morgan fingerprint density at radius 1 is 1.43 bits per heavy atom. The van der Waals surface area contributed by atoms with E-state index in [-0.39, 0.29) is 24.8 Å². The standard InChI is InChI=1S/C13H18FNO5S/c1-9(2)20-7-6-15(3)21(18,19)12-8-10(13(16)17)4-5-11(12)14/h4-5,8-9H,6-7H2,1-3H3,(H,16,17). The van der Waals surface area contributed by atoms with Gasteiger partial charge in [0, 0.05) is 13.6 Å². The Morgan fingerprint density at radius 3 is 2.57 bits per heavy atom. The minimum Gasteiger partial charge on any atom is -0.478 e. The average molecular weight is 319 g/mol. The number of carbonyl (C=O) groups is 1. The van der Waals surface area contributed by atoms with Crippen LogP contribution in [0.4, 0.5) is 4.39 Å². The van der Waals surface area contributed by atoms with E-state index < -0.39 is 26.7 Å². The molecular formula is C13H18FNO5S. The van der Waals surface area contributed by atoms with Gasteiger partial charge < -0.3 is 9.84 Å². The van der Waals surface area contributed by atoms with Crippen molar-refractivity contribution in [1.82, 2.24) is 4.31 Å². The highest BCUT2D eigenvalue weighted by atomic mass is 32.2. The molecule has 1 rings (SSSR count). The fraction of sp³-hybridized carbons (Fsp3) is 0.462. The number of rotatable bonds is 7. The van der Waals surface area contributed by atoms with Crippen LogP contribution in [0.15, 0.2) is 23.1 Å². The van der Waals surface area contributed by atoms with Gasteiger partial charge in [0.25, 0.3) is 0 Å². The van der Waals surface area contributed by atoms with Gasteiger partial charge in [0.15, 0.2) is 0 Å². The first kappa shape index (κ1) is 17.5. The van der Waals surface area contributed by atoms with E-state index >= 15 is 0 Å². The summed E-state index contributed by atoms with van der Waals surface area (Å²) in [7, 11) is -2.82. The van der Waals surface area contributed by atoms with Crippen LogP contribution in [0.2, 0.25) is 0 Å². The van der Waals surface area contributed by atoms with Crippen molar-refractivity contribution >= 4 is 16.0 Å². The van der Waals surface area contributed by atoms with Crippen LogP contribution >= 0.6 is 0 Å². The number of carboxylic acid groups (broad SMARTS) is 1. The molecule has 0 aliphatic carbocycles. The van der Waals surface area contributed by atoms with Crippen molar-refractivity contribution in [1.29, 1.82) is 0 Å². The molecular weight excluding hydrogens is 301 g/mol. The van der Waals surface area contributed by atoms with E-state index in [0.717, 1.165) is 22.5 Å². The summed E-state index contributed by atoms with van der Waals surface area (Å²) >= 11 is 0. The summed E-state index contributed by atoms with van der Waals surface area (Å²) < 4.78 is 44.4. The Hall–Kier alpha value is -1.51. The third-order valence-corrected chi connectivity index (χ3v) is 4.60. The van der Waals surface area contributed by atoms with Crippen LogP contribution in [0.1, 0.15) is 24.2 Å². The van der Waals surface area contributed by atoms with E-state index in [2.05, 4.69) is 0 Å². The van der Waals surface area contributed by atoms with Crippen molar-refractivity contribution in [3.05, 3.63) is 29.6 Å². The quantitative estimate of drug-likeness (QED) is 0.824. The normalized spacial score (nSPS) is 12.1. The lowest BCUT2D eigenvalue weighted by molar-refractivity contribution is 0.0695. The second kappa shape index (κ2) is 6.97. The van der Waals surface area contributed by atoms with Gasteiger partial charge >= 0.3 is 5.97 Å². The molecule has 8 heteroatoms. The van der Waals surface area contributed by atoms with Gasteiger partial charge in [0.1, 0.15) is 10.7 Å². The first-order valence-corrected chi connectivity index (χ1v) is 7.71.